The van der Waals surface area contributed by atoms with Gasteiger partial charge in [-0.05, 0) is 41.3 Å². The number of amides is 1. The van der Waals surface area contributed by atoms with Crippen LogP contribution in [-0.4, -0.2) is 52.4 Å². The zero-order valence-electron chi connectivity index (χ0n) is 14.1. The lowest BCUT2D eigenvalue weighted by atomic mass is 10.0. The van der Waals surface area contributed by atoms with Crippen LogP contribution in [0.15, 0.2) is 24.3 Å². The summed E-state index contributed by atoms with van der Waals surface area (Å²) in [5, 5.41) is 15.2. The molecule has 2 aliphatic rings. The highest BCUT2D eigenvalue weighted by molar-refractivity contribution is 6.00. The van der Waals surface area contributed by atoms with Crippen LogP contribution in [0.25, 0.3) is 0 Å². The van der Waals surface area contributed by atoms with Gasteiger partial charge in [-0.1, -0.05) is 12.1 Å². The van der Waals surface area contributed by atoms with Crippen molar-refractivity contribution in [2.45, 2.75) is 25.9 Å². The van der Waals surface area contributed by atoms with Crippen molar-refractivity contribution in [1.29, 1.82) is 0 Å². The number of carbonyl (C=O) groups is 1. The van der Waals surface area contributed by atoms with Crippen LogP contribution in [0.4, 0.5) is 5.69 Å². The fourth-order valence-corrected chi connectivity index (χ4v) is 3.45. The van der Waals surface area contributed by atoms with Gasteiger partial charge in [0.1, 0.15) is 0 Å². The second kappa shape index (κ2) is 7.18. The predicted molar refractivity (Wildman–Crippen MR) is 91.2 cm³/mol. The minimum atomic E-state index is -0.0279. The Labute approximate surface area is 146 Å². The molecule has 0 saturated carbocycles. The molecular formula is C17H22N6O2. The molecule has 0 spiro atoms. The van der Waals surface area contributed by atoms with Crippen LogP contribution in [0, 0.1) is 5.92 Å². The molecule has 0 unspecified atom stereocenters. The minimum absolute atomic E-state index is 0.0279. The normalized spacial score (nSPS) is 18.6. The van der Waals surface area contributed by atoms with E-state index in [1.807, 2.05) is 28.9 Å². The largest absolute Gasteiger partial charge is 0.381 e. The number of hydrogen-bond donors (Lipinski definition) is 1. The molecule has 1 amide bonds. The van der Waals surface area contributed by atoms with Gasteiger partial charge in [-0.15, -0.1) is 5.10 Å². The van der Waals surface area contributed by atoms with Gasteiger partial charge in [0.15, 0.2) is 5.82 Å². The predicted octanol–water partition coefficient (Wildman–Crippen LogP) is 0.850. The third-order valence-electron chi connectivity index (χ3n) is 4.87. The summed E-state index contributed by atoms with van der Waals surface area (Å²) < 4.78 is 7.33. The van der Waals surface area contributed by atoms with E-state index in [2.05, 4.69) is 25.7 Å². The summed E-state index contributed by atoms with van der Waals surface area (Å²) in [6, 6.07) is 7.67. The molecule has 0 aliphatic carbocycles. The summed E-state index contributed by atoms with van der Waals surface area (Å²) in [5.74, 6) is 1.35. The van der Waals surface area contributed by atoms with Crippen molar-refractivity contribution in [1.82, 2.24) is 25.5 Å². The lowest BCUT2D eigenvalue weighted by Gasteiger charge is -2.25. The highest BCUT2D eigenvalue weighted by Gasteiger charge is 2.23. The fraction of sp³-hybridized carbons (Fsp3) is 0.529. The van der Waals surface area contributed by atoms with Crippen LogP contribution in [0.5, 0.6) is 0 Å². The summed E-state index contributed by atoms with van der Waals surface area (Å²) in [6.45, 7) is 4.37. The molecule has 1 aromatic carbocycles. The number of para-hydroxylation sites is 1. The van der Waals surface area contributed by atoms with Gasteiger partial charge in [0.25, 0.3) is 5.91 Å². The van der Waals surface area contributed by atoms with Crippen LogP contribution in [0.2, 0.25) is 0 Å². The summed E-state index contributed by atoms with van der Waals surface area (Å²) in [5.41, 5.74) is 1.63. The maximum absolute atomic E-state index is 12.2. The molecule has 8 heteroatoms. The Kier molecular flexibility index (Phi) is 4.60. The summed E-state index contributed by atoms with van der Waals surface area (Å²) in [6.07, 6.45) is 2.09. The molecule has 4 rings (SSSR count). The first-order valence-corrected chi connectivity index (χ1v) is 8.76. The molecule has 0 radical (unpaired) electrons. The average Bonchev–Trinajstić information content (AvgIpc) is 3.01. The summed E-state index contributed by atoms with van der Waals surface area (Å²) >= 11 is 0. The Morgan fingerprint density at radius 1 is 1.24 bits per heavy atom. The van der Waals surface area contributed by atoms with Gasteiger partial charge >= 0.3 is 0 Å². The van der Waals surface area contributed by atoms with E-state index in [1.54, 1.807) is 0 Å². The van der Waals surface area contributed by atoms with Crippen LogP contribution < -0.4 is 10.2 Å². The molecule has 0 bridgehead atoms. The molecule has 132 valence electrons. The van der Waals surface area contributed by atoms with Gasteiger partial charge in [-0.3, -0.25) is 4.79 Å². The van der Waals surface area contributed by atoms with Crippen molar-refractivity contribution in [2.24, 2.45) is 5.92 Å². The van der Waals surface area contributed by atoms with Crippen molar-refractivity contribution < 1.29 is 9.53 Å². The van der Waals surface area contributed by atoms with E-state index in [0.29, 0.717) is 24.6 Å². The molecular weight excluding hydrogens is 320 g/mol. The topological polar surface area (TPSA) is 85.2 Å². The zero-order valence-corrected chi connectivity index (χ0v) is 14.1. The number of nitrogens with one attached hydrogen (secondary N) is 1. The Balaban J connectivity index is 1.53. The van der Waals surface area contributed by atoms with E-state index in [1.165, 1.54) is 0 Å². The lowest BCUT2D eigenvalue weighted by Crippen LogP contribution is -2.31. The SMILES string of the molecule is O=C1NCCN(Cc2nnnn2CC2CCOCC2)c2ccccc21. The second-order valence-electron chi connectivity index (χ2n) is 6.53. The van der Waals surface area contributed by atoms with Crippen LogP contribution in [0.3, 0.4) is 0 Å². The zero-order chi connectivity index (χ0) is 17.1. The Morgan fingerprint density at radius 3 is 2.96 bits per heavy atom. The number of anilines is 1. The first kappa shape index (κ1) is 16.0. The number of aromatic nitrogens is 4. The Bertz CT molecular complexity index is 740. The van der Waals surface area contributed by atoms with Crippen LogP contribution in [0.1, 0.15) is 29.0 Å². The van der Waals surface area contributed by atoms with Crippen molar-refractivity contribution >= 4 is 11.6 Å². The Morgan fingerprint density at radius 2 is 2.08 bits per heavy atom. The smallest absolute Gasteiger partial charge is 0.253 e. The fourth-order valence-electron chi connectivity index (χ4n) is 3.45. The van der Waals surface area contributed by atoms with Crippen LogP contribution in [-0.2, 0) is 17.8 Å². The number of ether oxygens (including phenoxy) is 1. The molecule has 0 atom stereocenters. The van der Waals surface area contributed by atoms with E-state index < -0.39 is 0 Å². The van der Waals surface area contributed by atoms with Gasteiger partial charge < -0.3 is 15.0 Å². The van der Waals surface area contributed by atoms with E-state index in [-0.39, 0.29) is 5.91 Å². The standard InChI is InChI=1S/C17H22N6O2/c24-17-14-3-1-2-4-15(14)22(8-7-18-17)12-16-19-20-21-23(16)11-13-5-9-25-10-6-13/h1-4,13H,5-12H2,(H,18,24). The maximum atomic E-state index is 12.2. The highest BCUT2D eigenvalue weighted by atomic mass is 16.5. The van der Waals surface area contributed by atoms with Crippen molar-refractivity contribution in [3.05, 3.63) is 35.7 Å². The van der Waals surface area contributed by atoms with Gasteiger partial charge in [0.05, 0.1) is 12.1 Å². The molecule has 1 saturated heterocycles. The number of tetrazole rings is 1. The number of nitrogens with zero attached hydrogens (tertiary/aromatic N) is 5. The van der Waals surface area contributed by atoms with Gasteiger partial charge in [-0.2, -0.15) is 0 Å². The van der Waals surface area contributed by atoms with Crippen molar-refractivity contribution in [3.8, 4) is 0 Å². The summed E-state index contributed by atoms with van der Waals surface area (Å²) in [7, 11) is 0. The molecule has 25 heavy (non-hydrogen) atoms. The van der Waals surface area contributed by atoms with Crippen molar-refractivity contribution in [3.63, 3.8) is 0 Å². The average molecular weight is 342 g/mol. The third kappa shape index (κ3) is 3.48. The van der Waals surface area contributed by atoms with Gasteiger partial charge in [-0.25, -0.2) is 4.68 Å². The maximum Gasteiger partial charge on any atom is 0.253 e. The van der Waals surface area contributed by atoms with Crippen molar-refractivity contribution in [2.75, 3.05) is 31.2 Å². The molecule has 1 N–H and O–H groups in total. The molecule has 2 aliphatic heterocycles. The van der Waals surface area contributed by atoms with Gasteiger partial charge in [0, 0.05) is 38.5 Å². The molecule has 2 aromatic rings. The van der Waals surface area contributed by atoms with Gasteiger partial charge in [0.2, 0.25) is 0 Å². The summed E-state index contributed by atoms with van der Waals surface area (Å²) in [4.78, 5) is 14.4. The van der Waals surface area contributed by atoms with E-state index >= 15 is 0 Å². The monoisotopic (exact) mass is 342 g/mol. The number of hydrogen-bond acceptors (Lipinski definition) is 6. The highest BCUT2D eigenvalue weighted by Crippen LogP contribution is 2.24. The van der Waals surface area contributed by atoms with Crippen LogP contribution >= 0.6 is 0 Å². The van der Waals surface area contributed by atoms with E-state index in [9.17, 15) is 4.79 Å². The minimum Gasteiger partial charge on any atom is -0.381 e. The molecule has 3 heterocycles. The number of rotatable bonds is 4. The molecule has 1 fully saturated rings. The third-order valence-corrected chi connectivity index (χ3v) is 4.87. The molecule has 1 aromatic heterocycles. The van der Waals surface area contributed by atoms with E-state index in [0.717, 1.165) is 50.7 Å². The second-order valence-corrected chi connectivity index (χ2v) is 6.53. The quantitative estimate of drug-likeness (QED) is 0.887. The number of fused-ring (bicyclic) bond motifs is 1. The first-order valence-electron chi connectivity index (χ1n) is 8.76. The Hall–Kier alpha value is -2.48. The number of benzene rings is 1. The number of carbonyl (C=O) groups excluding carboxylic acids is 1. The lowest BCUT2D eigenvalue weighted by molar-refractivity contribution is 0.0596. The van der Waals surface area contributed by atoms with E-state index in [4.69, 9.17) is 4.74 Å². The first-order chi connectivity index (χ1) is 12.3. The molecule has 8 nitrogen and oxygen atoms in total.